The third-order valence-corrected chi connectivity index (χ3v) is 2.42. The number of hydrogen-bond acceptors (Lipinski definition) is 7. The maximum Gasteiger partial charge on any atom is 0.0832 e. The Balaban J connectivity index is 3.69. The van der Waals surface area contributed by atoms with Crippen molar-refractivity contribution in [2.75, 3.05) is 19.8 Å². The summed E-state index contributed by atoms with van der Waals surface area (Å²) in [5.74, 6) is 0. The molecule has 0 aliphatic carbocycles. The largest absolute Gasteiger partial charge is 0.790 e. The molecule has 0 fully saturated rings. The molecular formula is C9H19O7P-2. The summed E-state index contributed by atoms with van der Waals surface area (Å²) in [6.45, 7) is 5.02. The first-order chi connectivity index (χ1) is 7.74. The van der Waals surface area contributed by atoms with E-state index in [1.807, 2.05) is 0 Å². The standard InChI is InChI=1S/C9H21O7P/c1-7(4-10)14-5-8(2)15-6-9(3)16-17(11,12)13/h7-10H,4-6H2,1-3H3,(H2,11,12,13)/p-2. The van der Waals surface area contributed by atoms with Crippen molar-refractivity contribution in [2.45, 2.75) is 39.1 Å². The normalized spacial score (nSPS) is 17.8. The Morgan fingerprint density at radius 1 is 1.06 bits per heavy atom. The smallest absolute Gasteiger partial charge is 0.0832 e. The van der Waals surface area contributed by atoms with Gasteiger partial charge in [-0.2, -0.15) is 0 Å². The molecule has 0 heterocycles. The highest BCUT2D eigenvalue weighted by atomic mass is 31.2. The average molecular weight is 270 g/mol. The molecule has 0 aromatic rings. The summed E-state index contributed by atoms with van der Waals surface area (Å²) in [6.07, 6.45) is -1.39. The summed E-state index contributed by atoms with van der Waals surface area (Å²) >= 11 is 0. The zero-order chi connectivity index (χ0) is 13.5. The molecule has 0 spiro atoms. The molecule has 0 bridgehead atoms. The van der Waals surface area contributed by atoms with Gasteiger partial charge in [0, 0.05) is 0 Å². The van der Waals surface area contributed by atoms with Crippen LogP contribution in [0.3, 0.4) is 0 Å². The first-order valence-corrected chi connectivity index (χ1v) is 6.75. The van der Waals surface area contributed by atoms with E-state index < -0.39 is 13.9 Å². The fraction of sp³-hybridized carbons (Fsp3) is 1.00. The van der Waals surface area contributed by atoms with E-state index in [-0.39, 0.29) is 32.0 Å². The minimum absolute atomic E-state index is 0.0213. The highest BCUT2D eigenvalue weighted by Gasteiger charge is 2.10. The Hall–Kier alpha value is -0.0100. The molecule has 0 amide bonds. The van der Waals surface area contributed by atoms with E-state index >= 15 is 0 Å². The van der Waals surface area contributed by atoms with Gasteiger partial charge in [-0.25, -0.2) is 0 Å². The highest BCUT2D eigenvalue weighted by molar-refractivity contribution is 7.43. The van der Waals surface area contributed by atoms with Gasteiger partial charge in [0.15, 0.2) is 0 Å². The third-order valence-electron chi connectivity index (χ3n) is 1.80. The molecule has 0 saturated heterocycles. The zero-order valence-electron chi connectivity index (χ0n) is 10.2. The van der Waals surface area contributed by atoms with Crippen molar-refractivity contribution >= 4 is 7.82 Å². The lowest BCUT2D eigenvalue weighted by Gasteiger charge is -2.32. The van der Waals surface area contributed by atoms with E-state index in [4.69, 9.17) is 14.6 Å². The molecule has 17 heavy (non-hydrogen) atoms. The van der Waals surface area contributed by atoms with Crippen LogP contribution in [0.25, 0.3) is 0 Å². The van der Waals surface area contributed by atoms with Crippen LogP contribution < -0.4 is 9.79 Å². The topological polar surface area (TPSA) is 111 Å². The molecule has 0 aliphatic rings. The predicted octanol–water partition coefficient (Wildman–Crippen LogP) is -0.977. The number of hydrogen-bond donors (Lipinski definition) is 1. The molecule has 0 aliphatic heterocycles. The second kappa shape index (κ2) is 8.16. The van der Waals surface area contributed by atoms with Gasteiger partial charge >= 0.3 is 0 Å². The number of rotatable bonds is 9. The molecule has 3 atom stereocenters. The lowest BCUT2D eigenvalue weighted by atomic mass is 10.4. The van der Waals surface area contributed by atoms with E-state index in [1.54, 1.807) is 13.8 Å². The van der Waals surface area contributed by atoms with E-state index in [0.29, 0.717) is 0 Å². The van der Waals surface area contributed by atoms with Gasteiger partial charge in [-0.05, 0) is 20.8 Å². The van der Waals surface area contributed by atoms with E-state index in [2.05, 4.69) is 4.52 Å². The van der Waals surface area contributed by atoms with Crippen LogP contribution in [0.4, 0.5) is 0 Å². The summed E-state index contributed by atoms with van der Waals surface area (Å²) in [5, 5.41) is 8.71. The molecule has 104 valence electrons. The van der Waals surface area contributed by atoms with Crippen molar-refractivity contribution in [1.29, 1.82) is 0 Å². The quantitative estimate of drug-likeness (QED) is 0.536. The zero-order valence-corrected chi connectivity index (χ0v) is 11.1. The van der Waals surface area contributed by atoms with Crippen LogP contribution in [0.2, 0.25) is 0 Å². The van der Waals surface area contributed by atoms with Gasteiger partial charge in [-0.1, -0.05) is 0 Å². The van der Waals surface area contributed by atoms with Crippen molar-refractivity contribution < 1.29 is 33.5 Å². The summed E-state index contributed by atoms with van der Waals surface area (Å²) < 4.78 is 24.9. The van der Waals surface area contributed by atoms with Gasteiger partial charge in [0.05, 0.1) is 46.0 Å². The average Bonchev–Trinajstić information content (AvgIpc) is 2.20. The van der Waals surface area contributed by atoms with Crippen LogP contribution in [0.1, 0.15) is 20.8 Å². The summed E-state index contributed by atoms with van der Waals surface area (Å²) in [7, 11) is -4.96. The van der Waals surface area contributed by atoms with Gasteiger partial charge < -0.3 is 33.5 Å². The monoisotopic (exact) mass is 270 g/mol. The lowest BCUT2D eigenvalue weighted by molar-refractivity contribution is -0.345. The molecule has 0 rings (SSSR count). The van der Waals surface area contributed by atoms with Crippen LogP contribution >= 0.6 is 7.82 Å². The Bertz CT molecular complexity index is 241. The van der Waals surface area contributed by atoms with Gasteiger partial charge in [0.1, 0.15) is 0 Å². The summed E-state index contributed by atoms with van der Waals surface area (Å²) in [6, 6.07) is 0. The molecule has 8 heteroatoms. The van der Waals surface area contributed by atoms with Crippen LogP contribution in [0.5, 0.6) is 0 Å². The van der Waals surface area contributed by atoms with Crippen LogP contribution in [0.15, 0.2) is 0 Å². The maximum absolute atomic E-state index is 10.3. The highest BCUT2D eigenvalue weighted by Crippen LogP contribution is 2.26. The molecule has 0 aromatic carbocycles. The van der Waals surface area contributed by atoms with Gasteiger partial charge in [-0.3, -0.25) is 0 Å². The van der Waals surface area contributed by atoms with Crippen molar-refractivity contribution in [1.82, 2.24) is 0 Å². The van der Waals surface area contributed by atoms with Gasteiger partial charge in [-0.15, -0.1) is 0 Å². The Kier molecular flexibility index (Phi) is 8.15. The van der Waals surface area contributed by atoms with Crippen LogP contribution in [-0.2, 0) is 18.6 Å². The predicted molar refractivity (Wildman–Crippen MR) is 56.1 cm³/mol. The molecule has 7 nitrogen and oxygen atoms in total. The van der Waals surface area contributed by atoms with Crippen molar-refractivity contribution in [3.05, 3.63) is 0 Å². The molecule has 3 unspecified atom stereocenters. The van der Waals surface area contributed by atoms with Crippen molar-refractivity contribution in [3.8, 4) is 0 Å². The van der Waals surface area contributed by atoms with Crippen LogP contribution in [0, 0.1) is 0 Å². The maximum atomic E-state index is 10.3. The molecular weight excluding hydrogens is 251 g/mol. The minimum atomic E-state index is -4.96. The second-order valence-electron chi connectivity index (χ2n) is 3.83. The Morgan fingerprint density at radius 2 is 1.53 bits per heavy atom. The number of phosphoric acid groups is 1. The first-order valence-electron chi connectivity index (χ1n) is 5.29. The minimum Gasteiger partial charge on any atom is -0.790 e. The number of aliphatic hydroxyl groups is 1. The van der Waals surface area contributed by atoms with Gasteiger partial charge in [0.2, 0.25) is 0 Å². The van der Waals surface area contributed by atoms with E-state index in [9.17, 15) is 14.4 Å². The molecule has 0 aromatic heterocycles. The molecule has 0 saturated carbocycles. The molecule has 1 N–H and O–H groups in total. The number of phosphoric ester groups is 1. The van der Waals surface area contributed by atoms with Crippen LogP contribution in [-0.4, -0.2) is 43.2 Å². The molecule has 0 radical (unpaired) electrons. The van der Waals surface area contributed by atoms with E-state index in [1.165, 1.54) is 6.92 Å². The summed E-state index contributed by atoms with van der Waals surface area (Å²) in [4.78, 5) is 20.6. The first kappa shape index (κ1) is 17.0. The lowest BCUT2D eigenvalue weighted by Crippen LogP contribution is -2.28. The van der Waals surface area contributed by atoms with Gasteiger partial charge in [0.25, 0.3) is 0 Å². The van der Waals surface area contributed by atoms with E-state index in [0.717, 1.165) is 0 Å². The fourth-order valence-corrected chi connectivity index (χ4v) is 1.45. The number of ether oxygens (including phenoxy) is 2. The second-order valence-corrected chi connectivity index (χ2v) is 4.94. The van der Waals surface area contributed by atoms with Crippen molar-refractivity contribution in [2.24, 2.45) is 0 Å². The third kappa shape index (κ3) is 10.8. The Labute approximate surface area is 101 Å². The fourth-order valence-electron chi connectivity index (χ4n) is 0.951. The summed E-state index contributed by atoms with van der Waals surface area (Å²) in [5.41, 5.74) is 0. The van der Waals surface area contributed by atoms with Crippen molar-refractivity contribution in [3.63, 3.8) is 0 Å². The SMILES string of the molecule is CC(CO)OCC(C)OCC(C)OP(=O)([O-])[O-]. The Morgan fingerprint density at radius 3 is 2.00 bits per heavy atom. The number of aliphatic hydroxyl groups excluding tert-OH is 1.